The van der Waals surface area contributed by atoms with E-state index in [9.17, 15) is 18.3 Å². The highest BCUT2D eigenvalue weighted by Crippen LogP contribution is 2.31. The van der Waals surface area contributed by atoms with Crippen LogP contribution in [0.4, 0.5) is 0 Å². The van der Waals surface area contributed by atoms with E-state index < -0.39 is 15.6 Å². The van der Waals surface area contributed by atoms with Crippen molar-refractivity contribution in [2.24, 2.45) is 0 Å². The molecule has 2 rings (SSSR count). The third-order valence-electron chi connectivity index (χ3n) is 3.65. The van der Waals surface area contributed by atoms with Crippen molar-refractivity contribution >= 4 is 15.9 Å². The minimum absolute atomic E-state index is 0.0446. The second kappa shape index (κ2) is 6.13. The molecule has 1 aromatic rings. The predicted molar refractivity (Wildman–Crippen MR) is 78.0 cm³/mol. The maximum absolute atomic E-state index is 12.1. The molecule has 0 spiro atoms. The molecular weight excluding hydrogens is 292 g/mol. The maximum Gasteiger partial charge on any atom is 0.240 e. The van der Waals surface area contributed by atoms with Crippen molar-refractivity contribution in [3.63, 3.8) is 0 Å². The van der Waals surface area contributed by atoms with Crippen LogP contribution in [0.5, 0.6) is 0 Å². The van der Waals surface area contributed by atoms with Gasteiger partial charge < -0.3 is 10.4 Å². The number of aliphatic hydroxyl groups is 1. The van der Waals surface area contributed by atoms with Gasteiger partial charge in [0.1, 0.15) is 0 Å². The van der Waals surface area contributed by atoms with Gasteiger partial charge in [-0.2, -0.15) is 0 Å². The molecule has 0 aliphatic heterocycles. The van der Waals surface area contributed by atoms with E-state index in [0.29, 0.717) is 19.4 Å². The normalized spacial score (nSPS) is 17.0. The Morgan fingerprint density at radius 2 is 1.90 bits per heavy atom. The molecule has 0 saturated heterocycles. The molecule has 6 nitrogen and oxygen atoms in total. The SMILES string of the molecule is CC(=O)NCc1ccc(S(=O)(=O)NCC2(O)CCC2)cc1. The summed E-state index contributed by atoms with van der Waals surface area (Å²) in [6, 6.07) is 6.29. The van der Waals surface area contributed by atoms with Crippen LogP contribution >= 0.6 is 0 Å². The Labute approximate surface area is 124 Å². The Morgan fingerprint density at radius 3 is 2.38 bits per heavy atom. The minimum atomic E-state index is -3.62. The lowest BCUT2D eigenvalue weighted by Crippen LogP contribution is -2.47. The van der Waals surface area contributed by atoms with Gasteiger partial charge in [0.2, 0.25) is 15.9 Å². The summed E-state index contributed by atoms with van der Waals surface area (Å²) in [6.45, 7) is 1.83. The molecule has 1 aliphatic carbocycles. The molecule has 7 heteroatoms. The van der Waals surface area contributed by atoms with Crippen LogP contribution in [0, 0.1) is 0 Å². The lowest BCUT2D eigenvalue weighted by Gasteiger charge is -2.36. The Balaban J connectivity index is 1.97. The first-order valence-electron chi connectivity index (χ1n) is 6.86. The third-order valence-corrected chi connectivity index (χ3v) is 5.07. The van der Waals surface area contributed by atoms with Crippen molar-refractivity contribution in [1.29, 1.82) is 0 Å². The number of nitrogens with one attached hydrogen (secondary N) is 2. The number of benzene rings is 1. The highest BCUT2D eigenvalue weighted by molar-refractivity contribution is 7.89. The van der Waals surface area contributed by atoms with E-state index in [1.165, 1.54) is 19.1 Å². The van der Waals surface area contributed by atoms with Gasteiger partial charge in [0.25, 0.3) is 0 Å². The molecule has 0 aromatic heterocycles. The number of carbonyl (C=O) groups excluding carboxylic acids is 1. The first kappa shape index (κ1) is 15.9. The van der Waals surface area contributed by atoms with Crippen molar-refractivity contribution in [3.8, 4) is 0 Å². The summed E-state index contributed by atoms with van der Waals surface area (Å²) in [6.07, 6.45) is 2.19. The molecular formula is C14H20N2O4S. The van der Waals surface area contributed by atoms with E-state index in [4.69, 9.17) is 0 Å². The summed E-state index contributed by atoms with van der Waals surface area (Å²) in [4.78, 5) is 11.0. The van der Waals surface area contributed by atoms with E-state index in [-0.39, 0.29) is 17.3 Å². The molecule has 0 unspecified atom stereocenters. The number of hydrogen-bond donors (Lipinski definition) is 3. The van der Waals surface area contributed by atoms with Crippen LogP contribution in [0.2, 0.25) is 0 Å². The first-order valence-corrected chi connectivity index (χ1v) is 8.35. The van der Waals surface area contributed by atoms with Gasteiger partial charge in [-0.25, -0.2) is 13.1 Å². The fourth-order valence-corrected chi connectivity index (χ4v) is 3.21. The Kier molecular flexibility index (Phi) is 4.65. The van der Waals surface area contributed by atoms with Crippen molar-refractivity contribution in [1.82, 2.24) is 10.0 Å². The first-order chi connectivity index (χ1) is 9.81. The topological polar surface area (TPSA) is 95.5 Å². The molecule has 0 atom stereocenters. The average Bonchev–Trinajstić information content (AvgIpc) is 2.41. The summed E-state index contributed by atoms with van der Waals surface area (Å²) in [5.74, 6) is -0.137. The van der Waals surface area contributed by atoms with E-state index in [2.05, 4.69) is 10.0 Å². The molecule has 1 fully saturated rings. The second-order valence-electron chi connectivity index (χ2n) is 5.46. The van der Waals surface area contributed by atoms with Crippen LogP contribution in [0.15, 0.2) is 29.2 Å². The lowest BCUT2D eigenvalue weighted by molar-refractivity contribution is -0.119. The van der Waals surface area contributed by atoms with Gasteiger partial charge >= 0.3 is 0 Å². The number of amides is 1. The van der Waals surface area contributed by atoms with Gasteiger partial charge in [0.15, 0.2) is 0 Å². The van der Waals surface area contributed by atoms with Crippen LogP contribution < -0.4 is 10.0 Å². The summed E-state index contributed by atoms with van der Waals surface area (Å²) < 4.78 is 26.6. The average molecular weight is 312 g/mol. The Bertz CT molecular complexity index is 606. The lowest BCUT2D eigenvalue weighted by atomic mass is 9.81. The van der Waals surface area contributed by atoms with Crippen LogP contribution in [-0.2, 0) is 21.4 Å². The number of sulfonamides is 1. The van der Waals surface area contributed by atoms with Crippen LogP contribution in [-0.4, -0.2) is 31.6 Å². The van der Waals surface area contributed by atoms with E-state index in [1.807, 2.05) is 0 Å². The Morgan fingerprint density at radius 1 is 1.29 bits per heavy atom. The molecule has 0 bridgehead atoms. The predicted octanol–water partition coefficient (Wildman–Crippen LogP) is 0.516. The smallest absolute Gasteiger partial charge is 0.240 e. The third kappa shape index (κ3) is 4.26. The summed E-state index contributed by atoms with van der Waals surface area (Å²) in [5.41, 5.74) is -0.0694. The molecule has 1 aliphatic rings. The fourth-order valence-electron chi connectivity index (χ4n) is 2.09. The molecule has 1 aromatic carbocycles. The molecule has 0 heterocycles. The number of carbonyl (C=O) groups is 1. The largest absolute Gasteiger partial charge is 0.389 e. The van der Waals surface area contributed by atoms with Gasteiger partial charge in [0.05, 0.1) is 10.5 Å². The van der Waals surface area contributed by atoms with Crippen molar-refractivity contribution in [3.05, 3.63) is 29.8 Å². The van der Waals surface area contributed by atoms with Gasteiger partial charge in [-0.15, -0.1) is 0 Å². The fraction of sp³-hybridized carbons (Fsp3) is 0.500. The van der Waals surface area contributed by atoms with Crippen molar-refractivity contribution in [2.45, 2.75) is 43.2 Å². The summed E-state index contributed by atoms with van der Waals surface area (Å²) in [7, 11) is -3.62. The highest BCUT2D eigenvalue weighted by atomic mass is 32.2. The minimum Gasteiger partial charge on any atom is -0.389 e. The van der Waals surface area contributed by atoms with Crippen LogP contribution in [0.25, 0.3) is 0 Å². The molecule has 1 saturated carbocycles. The van der Waals surface area contributed by atoms with Gasteiger partial charge in [-0.1, -0.05) is 12.1 Å². The van der Waals surface area contributed by atoms with Gasteiger partial charge in [0, 0.05) is 20.0 Å². The molecule has 21 heavy (non-hydrogen) atoms. The van der Waals surface area contributed by atoms with Crippen molar-refractivity contribution < 1.29 is 18.3 Å². The summed E-state index contributed by atoms with van der Waals surface area (Å²) >= 11 is 0. The van der Waals surface area contributed by atoms with Crippen LogP contribution in [0.3, 0.4) is 0 Å². The highest BCUT2D eigenvalue weighted by Gasteiger charge is 2.35. The van der Waals surface area contributed by atoms with E-state index in [1.54, 1.807) is 12.1 Å². The van der Waals surface area contributed by atoms with E-state index in [0.717, 1.165) is 12.0 Å². The number of rotatable bonds is 6. The molecule has 0 radical (unpaired) electrons. The molecule has 3 N–H and O–H groups in total. The van der Waals surface area contributed by atoms with Crippen LogP contribution in [0.1, 0.15) is 31.7 Å². The monoisotopic (exact) mass is 312 g/mol. The molecule has 1 amide bonds. The summed E-state index contributed by atoms with van der Waals surface area (Å²) in [5, 5.41) is 12.6. The molecule has 116 valence electrons. The van der Waals surface area contributed by atoms with E-state index >= 15 is 0 Å². The quantitative estimate of drug-likeness (QED) is 0.713. The van der Waals surface area contributed by atoms with Gasteiger partial charge in [-0.3, -0.25) is 4.79 Å². The maximum atomic E-state index is 12.1. The zero-order valence-electron chi connectivity index (χ0n) is 11.9. The zero-order chi connectivity index (χ0) is 15.5. The van der Waals surface area contributed by atoms with Gasteiger partial charge in [-0.05, 0) is 37.0 Å². The van der Waals surface area contributed by atoms with Crippen molar-refractivity contribution in [2.75, 3.05) is 6.54 Å². The standard InChI is InChI=1S/C14H20N2O4S/c1-11(17)15-9-12-3-5-13(6-4-12)21(19,20)16-10-14(18)7-2-8-14/h3-6,16,18H,2,7-10H2,1H3,(H,15,17). The number of hydrogen-bond acceptors (Lipinski definition) is 4. The Hall–Kier alpha value is -1.44. The zero-order valence-corrected chi connectivity index (χ0v) is 12.7. The second-order valence-corrected chi connectivity index (χ2v) is 7.22.